The molecule has 1 aromatic heterocycles. The van der Waals surface area contributed by atoms with Crippen molar-refractivity contribution >= 4 is 0 Å². The number of rotatable bonds is 6. The van der Waals surface area contributed by atoms with Crippen molar-refractivity contribution in [2.24, 2.45) is 0 Å². The Balaban J connectivity index is 2.27. The minimum Gasteiger partial charge on any atom is -0.494 e. The number of likely N-dealkylation sites (N-methyl/N-ethyl adjacent to an activating group) is 1. The quantitative estimate of drug-likeness (QED) is 0.874. The zero-order valence-electron chi connectivity index (χ0n) is 12.4. The molecule has 2 rings (SSSR count). The molecule has 0 bridgehead atoms. The van der Waals surface area contributed by atoms with E-state index in [1.807, 2.05) is 44.4 Å². The monoisotopic (exact) mass is 270 g/mol. The molecule has 0 fully saturated rings. The van der Waals surface area contributed by atoms with Crippen LogP contribution in [0.4, 0.5) is 0 Å². The van der Waals surface area contributed by atoms with Gasteiger partial charge >= 0.3 is 0 Å². The number of aryl methyl sites for hydroxylation is 1. The molecule has 0 amide bonds. The van der Waals surface area contributed by atoms with Crippen LogP contribution in [0, 0.1) is 6.92 Å². The van der Waals surface area contributed by atoms with Crippen molar-refractivity contribution in [3.8, 4) is 5.75 Å². The maximum absolute atomic E-state index is 5.73. The zero-order chi connectivity index (χ0) is 14.4. The number of pyridine rings is 1. The molecule has 1 unspecified atom stereocenters. The average Bonchev–Trinajstić information content (AvgIpc) is 2.48. The summed E-state index contributed by atoms with van der Waals surface area (Å²) >= 11 is 0. The van der Waals surface area contributed by atoms with Crippen molar-refractivity contribution in [2.45, 2.75) is 26.3 Å². The van der Waals surface area contributed by atoms with Gasteiger partial charge in [-0.05, 0) is 38.6 Å². The molecule has 3 heteroatoms. The van der Waals surface area contributed by atoms with E-state index >= 15 is 0 Å². The summed E-state index contributed by atoms with van der Waals surface area (Å²) in [6.07, 6.45) is 2.71. The summed E-state index contributed by atoms with van der Waals surface area (Å²) in [6.45, 7) is 4.79. The first kappa shape index (κ1) is 14.5. The van der Waals surface area contributed by atoms with Crippen LogP contribution < -0.4 is 10.1 Å². The Morgan fingerprint density at radius 2 is 2.00 bits per heavy atom. The second-order valence-electron chi connectivity index (χ2n) is 4.78. The molecule has 0 aliphatic carbocycles. The molecule has 0 spiro atoms. The van der Waals surface area contributed by atoms with Gasteiger partial charge in [0.25, 0.3) is 0 Å². The Kier molecular flexibility index (Phi) is 5.13. The number of aromatic nitrogens is 1. The van der Waals surface area contributed by atoms with Crippen LogP contribution in [-0.2, 0) is 6.42 Å². The predicted octanol–water partition coefficient (Wildman–Crippen LogP) is 3.29. The third-order valence-corrected chi connectivity index (χ3v) is 3.46. The SMILES string of the molecule is CCOc1ccccc1C(Cc1ncccc1C)NC. The van der Waals surface area contributed by atoms with Gasteiger partial charge in [-0.15, -0.1) is 0 Å². The van der Waals surface area contributed by atoms with Gasteiger partial charge in [-0.25, -0.2) is 0 Å². The van der Waals surface area contributed by atoms with Crippen LogP contribution in [0.5, 0.6) is 5.75 Å². The second kappa shape index (κ2) is 7.06. The highest BCUT2D eigenvalue weighted by atomic mass is 16.5. The summed E-state index contributed by atoms with van der Waals surface area (Å²) < 4.78 is 5.73. The highest BCUT2D eigenvalue weighted by Crippen LogP contribution is 2.27. The molecule has 20 heavy (non-hydrogen) atoms. The normalized spacial score (nSPS) is 12.2. The van der Waals surface area contributed by atoms with Gasteiger partial charge in [-0.3, -0.25) is 4.98 Å². The van der Waals surface area contributed by atoms with Crippen LogP contribution in [0.3, 0.4) is 0 Å². The Morgan fingerprint density at radius 3 is 2.70 bits per heavy atom. The van der Waals surface area contributed by atoms with E-state index in [0.29, 0.717) is 6.61 Å². The molecule has 0 aliphatic heterocycles. The highest BCUT2D eigenvalue weighted by Gasteiger charge is 2.16. The number of ether oxygens (including phenoxy) is 1. The Hall–Kier alpha value is -1.87. The van der Waals surface area contributed by atoms with Crippen LogP contribution in [0.15, 0.2) is 42.6 Å². The standard InChI is InChI=1S/C17H22N2O/c1-4-20-17-10-6-5-9-14(17)16(18-3)12-15-13(2)8-7-11-19-15/h5-11,16,18H,4,12H2,1-3H3. The Labute approximate surface area is 121 Å². The smallest absolute Gasteiger partial charge is 0.124 e. The van der Waals surface area contributed by atoms with Crippen molar-refractivity contribution in [2.75, 3.05) is 13.7 Å². The molecular weight excluding hydrogens is 248 g/mol. The van der Waals surface area contributed by atoms with E-state index in [-0.39, 0.29) is 6.04 Å². The third-order valence-electron chi connectivity index (χ3n) is 3.46. The van der Waals surface area contributed by atoms with Crippen molar-refractivity contribution in [3.63, 3.8) is 0 Å². The zero-order valence-corrected chi connectivity index (χ0v) is 12.4. The highest BCUT2D eigenvalue weighted by molar-refractivity contribution is 5.37. The number of nitrogens with one attached hydrogen (secondary N) is 1. The van der Waals surface area contributed by atoms with Gasteiger partial charge in [-0.2, -0.15) is 0 Å². The van der Waals surface area contributed by atoms with Gasteiger partial charge in [0.2, 0.25) is 0 Å². The lowest BCUT2D eigenvalue weighted by atomic mass is 9.99. The number of hydrogen-bond donors (Lipinski definition) is 1. The topological polar surface area (TPSA) is 34.1 Å². The largest absolute Gasteiger partial charge is 0.494 e. The lowest BCUT2D eigenvalue weighted by Crippen LogP contribution is -2.20. The number of benzene rings is 1. The Bertz CT molecular complexity index is 554. The van der Waals surface area contributed by atoms with Crippen LogP contribution in [0.1, 0.15) is 29.8 Å². The predicted molar refractivity (Wildman–Crippen MR) is 82.1 cm³/mol. The maximum Gasteiger partial charge on any atom is 0.124 e. The second-order valence-corrected chi connectivity index (χ2v) is 4.78. The van der Waals surface area contributed by atoms with E-state index in [1.165, 1.54) is 11.1 Å². The Morgan fingerprint density at radius 1 is 1.20 bits per heavy atom. The number of nitrogens with zero attached hydrogens (tertiary/aromatic N) is 1. The van der Waals surface area contributed by atoms with Crippen molar-refractivity contribution < 1.29 is 4.74 Å². The first-order valence-corrected chi connectivity index (χ1v) is 7.05. The van der Waals surface area contributed by atoms with E-state index < -0.39 is 0 Å². The summed E-state index contributed by atoms with van der Waals surface area (Å²) in [5.41, 5.74) is 3.53. The molecule has 0 radical (unpaired) electrons. The molecule has 3 nitrogen and oxygen atoms in total. The summed E-state index contributed by atoms with van der Waals surface area (Å²) in [6, 6.07) is 12.5. The van der Waals surface area contributed by atoms with Crippen LogP contribution in [0.25, 0.3) is 0 Å². The van der Waals surface area contributed by atoms with Gasteiger partial charge in [-0.1, -0.05) is 24.3 Å². The number of hydrogen-bond acceptors (Lipinski definition) is 3. The van der Waals surface area contributed by atoms with Crippen molar-refractivity contribution in [1.29, 1.82) is 0 Å². The van der Waals surface area contributed by atoms with Gasteiger partial charge in [0.1, 0.15) is 5.75 Å². The van der Waals surface area contributed by atoms with Gasteiger partial charge < -0.3 is 10.1 Å². The molecule has 1 aromatic carbocycles. The van der Waals surface area contributed by atoms with Gasteiger partial charge in [0.05, 0.1) is 6.61 Å². The van der Waals surface area contributed by atoms with Crippen molar-refractivity contribution in [1.82, 2.24) is 10.3 Å². The summed E-state index contributed by atoms with van der Waals surface area (Å²) in [4.78, 5) is 4.49. The minimum atomic E-state index is 0.200. The van der Waals surface area contributed by atoms with Crippen LogP contribution >= 0.6 is 0 Å². The molecular formula is C17H22N2O. The maximum atomic E-state index is 5.73. The van der Waals surface area contributed by atoms with E-state index in [1.54, 1.807) is 0 Å². The fraction of sp³-hybridized carbons (Fsp3) is 0.353. The van der Waals surface area contributed by atoms with E-state index in [4.69, 9.17) is 4.74 Å². The lowest BCUT2D eigenvalue weighted by molar-refractivity contribution is 0.332. The number of para-hydroxylation sites is 1. The van der Waals surface area contributed by atoms with Gasteiger partial charge in [0.15, 0.2) is 0 Å². The van der Waals surface area contributed by atoms with E-state index in [0.717, 1.165) is 17.9 Å². The molecule has 2 aromatic rings. The van der Waals surface area contributed by atoms with E-state index in [2.05, 4.69) is 29.4 Å². The molecule has 0 saturated heterocycles. The molecule has 1 heterocycles. The first-order valence-electron chi connectivity index (χ1n) is 7.05. The molecule has 1 N–H and O–H groups in total. The summed E-state index contributed by atoms with van der Waals surface area (Å²) in [5, 5.41) is 3.37. The van der Waals surface area contributed by atoms with Gasteiger partial charge in [0, 0.05) is 29.9 Å². The lowest BCUT2D eigenvalue weighted by Gasteiger charge is -2.20. The van der Waals surface area contributed by atoms with Crippen LogP contribution in [-0.4, -0.2) is 18.6 Å². The third kappa shape index (κ3) is 3.36. The minimum absolute atomic E-state index is 0.200. The molecule has 106 valence electrons. The molecule has 0 aliphatic rings. The van der Waals surface area contributed by atoms with E-state index in [9.17, 15) is 0 Å². The van der Waals surface area contributed by atoms with Crippen LogP contribution in [0.2, 0.25) is 0 Å². The molecule has 0 saturated carbocycles. The average molecular weight is 270 g/mol. The fourth-order valence-corrected chi connectivity index (χ4v) is 2.35. The fourth-order valence-electron chi connectivity index (χ4n) is 2.35. The summed E-state index contributed by atoms with van der Waals surface area (Å²) in [7, 11) is 1.98. The molecule has 1 atom stereocenters. The van der Waals surface area contributed by atoms with Crippen molar-refractivity contribution in [3.05, 3.63) is 59.4 Å². The first-order chi connectivity index (χ1) is 9.76. The summed E-state index contributed by atoms with van der Waals surface area (Å²) in [5.74, 6) is 0.947.